The van der Waals surface area contributed by atoms with Crippen LogP contribution in [0.25, 0.3) is 43.6 Å². The Bertz CT molecular complexity index is 2590. The molecule has 51 heavy (non-hydrogen) atoms. The molecule has 7 heteroatoms. The normalized spacial score (nSPS) is 11.7. The molecule has 0 amide bonds. The topological polar surface area (TPSA) is 13.1 Å². The summed E-state index contributed by atoms with van der Waals surface area (Å²) in [6.45, 7) is 0.766. The van der Waals surface area contributed by atoms with Crippen LogP contribution in [0.2, 0.25) is 0 Å². The summed E-state index contributed by atoms with van der Waals surface area (Å²) in [7, 11) is 0. The van der Waals surface area contributed by atoms with Gasteiger partial charge in [0.1, 0.15) is 0 Å². The molecule has 0 N–H and O–H groups in total. The average molecular weight is 676 g/mol. The van der Waals surface area contributed by atoms with Gasteiger partial charge in [0.25, 0.3) is 0 Å². The highest BCUT2D eigenvalue weighted by Crippen LogP contribution is 2.41. The lowest BCUT2D eigenvalue weighted by molar-refractivity contribution is 0.506. The van der Waals surface area contributed by atoms with E-state index in [-0.39, 0.29) is 0 Å². The Labute approximate surface area is 290 Å². The number of anilines is 3. The highest BCUT2D eigenvalue weighted by atomic mass is 19.2. The molecule has 0 aliphatic heterocycles. The van der Waals surface area contributed by atoms with Gasteiger partial charge in [-0.3, -0.25) is 0 Å². The lowest BCUT2D eigenvalue weighted by Crippen LogP contribution is -2.10. The molecule has 0 atom stereocenters. The lowest BCUT2D eigenvalue weighted by Gasteiger charge is -2.26. The molecule has 0 radical (unpaired) electrons. The second-order valence-electron chi connectivity index (χ2n) is 12.8. The second-order valence-corrected chi connectivity index (χ2v) is 12.8. The number of nitrogens with zero attached hydrogens (tertiary/aromatic N) is 3. The number of fused-ring (bicyclic) bond motifs is 6. The van der Waals surface area contributed by atoms with Crippen molar-refractivity contribution in [1.29, 1.82) is 0 Å². The van der Waals surface area contributed by atoms with E-state index in [1.165, 1.54) is 24.3 Å². The summed E-state index contributed by atoms with van der Waals surface area (Å²) in [5.41, 5.74) is 8.18. The predicted molar refractivity (Wildman–Crippen MR) is 198 cm³/mol. The molecular formula is C44H29F4N3. The van der Waals surface area contributed by atoms with Gasteiger partial charge >= 0.3 is 0 Å². The maximum absolute atomic E-state index is 14.2. The molecule has 0 unspecified atom stereocenters. The number of para-hydroxylation sites is 3. The van der Waals surface area contributed by atoms with Gasteiger partial charge in [0.05, 0.1) is 0 Å². The predicted octanol–water partition coefficient (Wildman–Crippen LogP) is 12.0. The van der Waals surface area contributed by atoms with Crippen molar-refractivity contribution in [2.45, 2.75) is 13.1 Å². The zero-order valence-corrected chi connectivity index (χ0v) is 27.2. The SMILES string of the molecule is Fc1ccc(Cn2c3ccccc3c3cc(N(c4ccccc4)c4ccc5c(c4)c4ccccc4n5Cc4ccc(F)c(F)c4)ccc32)cc1F. The molecule has 0 saturated carbocycles. The van der Waals surface area contributed by atoms with Crippen LogP contribution in [0.3, 0.4) is 0 Å². The zero-order chi connectivity index (χ0) is 34.6. The van der Waals surface area contributed by atoms with Crippen LogP contribution in [0, 0.1) is 23.3 Å². The molecule has 9 aromatic rings. The first kappa shape index (κ1) is 30.7. The van der Waals surface area contributed by atoms with Crippen molar-refractivity contribution in [2.75, 3.05) is 4.90 Å². The van der Waals surface area contributed by atoms with Crippen LogP contribution in [-0.2, 0) is 13.1 Å². The maximum atomic E-state index is 14.2. The van der Waals surface area contributed by atoms with E-state index in [9.17, 15) is 17.6 Å². The van der Waals surface area contributed by atoms with Gasteiger partial charge in [-0.15, -0.1) is 0 Å². The fourth-order valence-electron chi connectivity index (χ4n) is 7.37. The van der Waals surface area contributed by atoms with Gasteiger partial charge in [0.2, 0.25) is 0 Å². The van der Waals surface area contributed by atoms with Crippen LogP contribution < -0.4 is 4.90 Å². The smallest absolute Gasteiger partial charge is 0.159 e. The van der Waals surface area contributed by atoms with Crippen LogP contribution >= 0.6 is 0 Å². The largest absolute Gasteiger partial charge is 0.336 e. The van der Waals surface area contributed by atoms with Gasteiger partial charge < -0.3 is 14.0 Å². The number of hydrogen-bond acceptors (Lipinski definition) is 1. The highest BCUT2D eigenvalue weighted by molar-refractivity contribution is 6.11. The minimum atomic E-state index is -0.863. The first-order valence-corrected chi connectivity index (χ1v) is 16.7. The van der Waals surface area contributed by atoms with E-state index in [0.717, 1.165) is 60.7 Å². The van der Waals surface area contributed by atoms with Crippen LogP contribution in [0.5, 0.6) is 0 Å². The van der Waals surface area contributed by atoms with Gasteiger partial charge in [0.15, 0.2) is 23.3 Å². The molecule has 0 aliphatic rings. The van der Waals surface area contributed by atoms with Crippen molar-refractivity contribution < 1.29 is 17.6 Å². The van der Waals surface area contributed by atoms with Crippen molar-refractivity contribution >= 4 is 60.7 Å². The third-order valence-electron chi connectivity index (χ3n) is 9.69. The van der Waals surface area contributed by atoms with Gasteiger partial charge in [-0.2, -0.15) is 0 Å². The Balaban J connectivity index is 1.20. The van der Waals surface area contributed by atoms with Crippen molar-refractivity contribution in [3.8, 4) is 0 Å². The summed E-state index contributed by atoms with van der Waals surface area (Å²) < 4.78 is 60.2. The Morgan fingerprint density at radius 3 is 1.25 bits per heavy atom. The van der Waals surface area contributed by atoms with Gasteiger partial charge in [0, 0.05) is 73.8 Å². The van der Waals surface area contributed by atoms with Crippen molar-refractivity contribution in [3.05, 3.63) is 186 Å². The number of hydrogen-bond donors (Lipinski definition) is 0. The van der Waals surface area contributed by atoms with Crippen molar-refractivity contribution in [1.82, 2.24) is 9.13 Å². The summed E-state index contributed by atoms with van der Waals surface area (Å²) >= 11 is 0. The number of aromatic nitrogens is 2. The van der Waals surface area contributed by atoms with E-state index in [1.54, 1.807) is 12.1 Å². The van der Waals surface area contributed by atoms with Crippen molar-refractivity contribution in [2.24, 2.45) is 0 Å². The van der Waals surface area contributed by atoms with Gasteiger partial charge in [-0.25, -0.2) is 17.6 Å². The summed E-state index contributed by atoms with van der Waals surface area (Å²) in [4.78, 5) is 2.22. The van der Waals surface area contributed by atoms with Crippen molar-refractivity contribution in [3.63, 3.8) is 0 Å². The van der Waals surface area contributed by atoms with E-state index in [1.807, 2.05) is 54.6 Å². The Morgan fingerprint density at radius 2 is 0.784 bits per heavy atom. The van der Waals surface area contributed by atoms with E-state index in [0.29, 0.717) is 24.2 Å². The lowest BCUT2D eigenvalue weighted by atomic mass is 10.1. The monoisotopic (exact) mass is 675 g/mol. The molecule has 0 aliphatic carbocycles. The standard InChI is InChI=1S/C44H29F4N3/c45-37-18-14-28(22-39(37)47)26-49-41-12-6-4-10-33(41)35-24-31(16-20-43(35)49)51(30-8-2-1-3-9-30)32-17-21-44-36(25-32)34-11-5-7-13-42(34)50(44)27-29-15-19-38(46)40(48)23-29/h1-25H,26-27H2. The van der Waals surface area contributed by atoms with Gasteiger partial charge in [-0.05, 0) is 96.1 Å². The highest BCUT2D eigenvalue weighted by Gasteiger charge is 2.19. The zero-order valence-electron chi connectivity index (χ0n) is 27.2. The van der Waals surface area contributed by atoms with Crippen LogP contribution in [0.4, 0.5) is 34.6 Å². The van der Waals surface area contributed by atoms with Gasteiger partial charge in [-0.1, -0.05) is 66.7 Å². The molecular weight excluding hydrogens is 646 g/mol. The minimum absolute atomic E-state index is 0.383. The summed E-state index contributed by atoms with van der Waals surface area (Å²) in [6, 6.07) is 47.3. The Morgan fingerprint density at radius 1 is 0.353 bits per heavy atom. The van der Waals surface area contributed by atoms with Crippen LogP contribution in [0.1, 0.15) is 11.1 Å². The average Bonchev–Trinajstić information content (AvgIpc) is 3.63. The first-order chi connectivity index (χ1) is 24.9. The number of rotatable bonds is 7. The molecule has 0 bridgehead atoms. The molecule has 7 aromatic carbocycles. The quantitative estimate of drug-likeness (QED) is 0.153. The summed E-state index contributed by atoms with van der Waals surface area (Å²) in [5, 5.41) is 4.19. The van der Waals surface area contributed by atoms with Crippen LogP contribution in [-0.4, -0.2) is 9.13 Å². The fourth-order valence-corrected chi connectivity index (χ4v) is 7.37. The Kier molecular flexibility index (Phi) is 7.35. The molecule has 2 heterocycles. The minimum Gasteiger partial charge on any atom is -0.336 e. The second kappa shape index (κ2) is 12.2. The summed E-state index contributed by atoms with van der Waals surface area (Å²) in [5.74, 6) is -3.45. The van der Waals surface area contributed by atoms with E-state index < -0.39 is 23.3 Å². The maximum Gasteiger partial charge on any atom is 0.159 e. The molecule has 0 spiro atoms. The van der Waals surface area contributed by atoms with E-state index in [2.05, 4.69) is 74.7 Å². The molecule has 9 rings (SSSR count). The first-order valence-electron chi connectivity index (χ1n) is 16.7. The van der Waals surface area contributed by atoms with Crippen LogP contribution in [0.15, 0.2) is 152 Å². The molecule has 0 fully saturated rings. The van der Waals surface area contributed by atoms with E-state index >= 15 is 0 Å². The molecule has 248 valence electrons. The third kappa shape index (κ3) is 5.29. The van der Waals surface area contributed by atoms with E-state index in [4.69, 9.17) is 0 Å². The number of halogens is 4. The fraction of sp³-hybridized carbons (Fsp3) is 0.0455. The molecule has 0 saturated heterocycles. The molecule has 3 nitrogen and oxygen atoms in total. The Hall–Kier alpha value is -6.34. The molecule has 2 aromatic heterocycles. The summed E-state index contributed by atoms with van der Waals surface area (Å²) in [6.07, 6.45) is 0. The number of benzene rings is 7. The third-order valence-corrected chi connectivity index (χ3v) is 9.69.